The van der Waals surface area contributed by atoms with E-state index in [0.29, 0.717) is 5.39 Å². The van der Waals surface area contributed by atoms with Gasteiger partial charge in [-0.2, -0.15) is 0 Å². The number of aliphatic carboxylic acids is 1. The molecule has 1 aromatic carbocycles. The van der Waals surface area contributed by atoms with Gasteiger partial charge in [-0.1, -0.05) is 6.92 Å². The molecule has 0 aliphatic heterocycles. The number of H-pyrrole nitrogens is 1. The van der Waals surface area contributed by atoms with Gasteiger partial charge in [0.05, 0.1) is 16.8 Å². The molecule has 0 aliphatic rings. The third-order valence-electron chi connectivity index (χ3n) is 3.86. The highest BCUT2D eigenvalue weighted by molar-refractivity contribution is 5.97. The number of nitrogens with zero attached hydrogens (tertiary/aromatic N) is 2. The Kier molecular flexibility index (Phi) is 4.87. The standard InChI is InChI=1S/C16H19N3O5/c1-4-19-14(21)11-6-5-10(7-12(11)17-16(19)24)13(20)18(3)8-9(2)15(22)23/h5-7,9H,4,8H2,1-3H3,(H,17,24)(H,22,23). The smallest absolute Gasteiger partial charge is 0.328 e. The number of aromatic nitrogens is 2. The maximum Gasteiger partial charge on any atom is 0.328 e. The summed E-state index contributed by atoms with van der Waals surface area (Å²) in [6.07, 6.45) is 0. The van der Waals surface area contributed by atoms with Crippen molar-refractivity contribution in [1.29, 1.82) is 0 Å². The first kappa shape index (κ1) is 17.5. The molecule has 8 heteroatoms. The number of rotatable bonds is 5. The largest absolute Gasteiger partial charge is 0.481 e. The molecule has 1 unspecified atom stereocenters. The summed E-state index contributed by atoms with van der Waals surface area (Å²) >= 11 is 0. The number of carboxylic acids is 1. The molecule has 2 N–H and O–H groups in total. The maximum atomic E-state index is 12.4. The molecule has 0 bridgehead atoms. The van der Waals surface area contributed by atoms with Gasteiger partial charge in [0.1, 0.15) is 0 Å². The van der Waals surface area contributed by atoms with E-state index in [2.05, 4.69) is 4.98 Å². The zero-order chi connectivity index (χ0) is 18.0. The van der Waals surface area contributed by atoms with E-state index >= 15 is 0 Å². The Morgan fingerprint density at radius 2 is 2.00 bits per heavy atom. The van der Waals surface area contributed by atoms with Gasteiger partial charge in [-0.15, -0.1) is 0 Å². The second-order valence-electron chi connectivity index (χ2n) is 5.66. The molecule has 0 saturated heterocycles. The van der Waals surface area contributed by atoms with Gasteiger partial charge >= 0.3 is 11.7 Å². The first-order valence-corrected chi connectivity index (χ1v) is 7.51. The molecule has 128 valence electrons. The van der Waals surface area contributed by atoms with Crippen molar-refractivity contribution in [3.05, 3.63) is 44.6 Å². The number of hydrogen-bond donors (Lipinski definition) is 2. The van der Waals surface area contributed by atoms with Crippen LogP contribution in [0.2, 0.25) is 0 Å². The first-order chi connectivity index (χ1) is 11.3. The Bertz CT molecular complexity index is 912. The van der Waals surface area contributed by atoms with Crippen LogP contribution in [0.3, 0.4) is 0 Å². The number of amides is 1. The number of carbonyl (C=O) groups is 2. The lowest BCUT2D eigenvalue weighted by atomic mass is 10.1. The van der Waals surface area contributed by atoms with Gasteiger partial charge < -0.3 is 15.0 Å². The van der Waals surface area contributed by atoms with Crippen molar-refractivity contribution in [1.82, 2.24) is 14.5 Å². The lowest BCUT2D eigenvalue weighted by molar-refractivity contribution is -0.141. The molecule has 0 fully saturated rings. The Morgan fingerprint density at radius 3 is 2.58 bits per heavy atom. The van der Waals surface area contributed by atoms with Crippen LogP contribution in [0, 0.1) is 5.92 Å². The predicted molar refractivity (Wildman–Crippen MR) is 88.3 cm³/mol. The fourth-order valence-corrected chi connectivity index (χ4v) is 2.47. The minimum Gasteiger partial charge on any atom is -0.481 e. The van der Waals surface area contributed by atoms with Crippen molar-refractivity contribution < 1.29 is 14.7 Å². The number of fused-ring (bicyclic) bond motifs is 1. The number of nitrogens with one attached hydrogen (secondary N) is 1. The number of aromatic amines is 1. The second-order valence-corrected chi connectivity index (χ2v) is 5.66. The first-order valence-electron chi connectivity index (χ1n) is 7.51. The third-order valence-corrected chi connectivity index (χ3v) is 3.86. The van der Waals surface area contributed by atoms with Gasteiger partial charge in [0, 0.05) is 25.7 Å². The minimum atomic E-state index is -0.988. The quantitative estimate of drug-likeness (QED) is 0.827. The monoisotopic (exact) mass is 333 g/mol. The second kappa shape index (κ2) is 6.69. The van der Waals surface area contributed by atoms with Crippen molar-refractivity contribution in [2.45, 2.75) is 20.4 Å². The zero-order valence-electron chi connectivity index (χ0n) is 13.7. The molecule has 8 nitrogen and oxygen atoms in total. The molecule has 1 atom stereocenters. The number of carboxylic acid groups (broad SMARTS) is 1. The molecule has 1 aromatic heterocycles. The van der Waals surface area contributed by atoms with Crippen LogP contribution in [0.25, 0.3) is 10.9 Å². The van der Waals surface area contributed by atoms with Gasteiger partial charge in [-0.3, -0.25) is 19.0 Å². The van der Waals surface area contributed by atoms with E-state index in [9.17, 15) is 19.2 Å². The Balaban J connectivity index is 2.41. The van der Waals surface area contributed by atoms with Crippen LogP contribution in [-0.2, 0) is 11.3 Å². The molecule has 0 saturated carbocycles. The fraction of sp³-hybridized carbons (Fsp3) is 0.375. The molecule has 24 heavy (non-hydrogen) atoms. The van der Waals surface area contributed by atoms with Crippen LogP contribution in [0.1, 0.15) is 24.2 Å². The normalized spacial score (nSPS) is 12.1. The average molecular weight is 333 g/mol. The van der Waals surface area contributed by atoms with Gasteiger partial charge in [0.2, 0.25) is 0 Å². The van der Waals surface area contributed by atoms with Gasteiger partial charge in [0.25, 0.3) is 11.5 Å². The highest BCUT2D eigenvalue weighted by Gasteiger charge is 2.19. The van der Waals surface area contributed by atoms with E-state index in [-0.39, 0.29) is 30.1 Å². The summed E-state index contributed by atoms with van der Waals surface area (Å²) in [4.78, 5) is 51.2. The van der Waals surface area contributed by atoms with Crippen molar-refractivity contribution in [2.75, 3.05) is 13.6 Å². The SMILES string of the molecule is CCn1c(=O)[nH]c2cc(C(=O)N(C)CC(C)C(=O)O)ccc2c1=O. The number of benzene rings is 1. The zero-order valence-corrected chi connectivity index (χ0v) is 13.7. The molecule has 0 aliphatic carbocycles. The maximum absolute atomic E-state index is 12.4. The minimum absolute atomic E-state index is 0.0557. The van der Waals surface area contributed by atoms with E-state index < -0.39 is 23.1 Å². The summed E-state index contributed by atoms with van der Waals surface area (Å²) < 4.78 is 1.07. The van der Waals surface area contributed by atoms with E-state index in [4.69, 9.17) is 5.11 Å². The topological polar surface area (TPSA) is 112 Å². The molecule has 1 heterocycles. The molecular formula is C16H19N3O5. The van der Waals surface area contributed by atoms with Gasteiger partial charge in [0.15, 0.2) is 0 Å². The summed E-state index contributed by atoms with van der Waals surface area (Å²) in [5.74, 6) is -2.07. The van der Waals surface area contributed by atoms with E-state index in [1.54, 1.807) is 6.92 Å². The molecular weight excluding hydrogens is 314 g/mol. The summed E-state index contributed by atoms with van der Waals surface area (Å²) in [6, 6.07) is 4.41. The molecule has 0 spiro atoms. The summed E-state index contributed by atoms with van der Waals surface area (Å²) in [5, 5.41) is 9.23. The highest BCUT2D eigenvalue weighted by atomic mass is 16.4. The summed E-state index contributed by atoms with van der Waals surface area (Å²) in [6.45, 7) is 3.51. The number of carbonyl (C=O) groups excluding carboxylic acids is 1. The van der Waals surface area contributed by atoms with Crippen molar-refractivity contribution in [3.8, 4) is 0 Å². The Labute approximate surface area is 137 Å². The molecule has 2 aromatic rings. The lowest BCUT2D eigenvalue weighted by Crippen LogP contribution is -2.35. The molecule has 2 rings (SSSR count). The van der Waals surface area contributed by atoms with Crippen molar-refractivity contribution in [3.63, 3.8) is 0 Å². The van der Waals surface area contributed by atoms with Crippen LogP contribution in [0.15, 0.2) is 27.8 Å². The lowest BCUT2D eigenvalue weighted by Gasteiger charge is -2.19. The third kappa shape index (κ3) is 3.22. The van der Waals surface area contributed by atoms with Crippen LogP contribution in [0.4, 0.5) is 0 Å². The summed E-state index contributed by atoms with van der Waals surface area (Å²) in [5.41, 5.74) is -0.400. The van der Waals surface area contributed by atoms with E-state index in [1.165, 1.54) is 37.1 Å². The predicted octanol–water partition coefficient (Wildman–Crippen LogP) is 0.502. The number of hydrogen-bond acceptors (Lipinski definition) is 4. The van der Waals surface area contributed by atoms with Gasteiger partial charge in [-0.25, -0.2) is 4.79 Å². The summed E-state index contributed by atoms with van der Waals surface area (Å²) in [7, 11) is 1.50. The molecule has 0 radical (unpaired) electrons. The van der Waals surface area contributed by atoms with E-state index in [0.717, 1.165) is 4.57 Å². The molecule has 1 amide bonds. The van der Waals surface area contributed by atoms with Crippen LogP contribution >= 0.6 is 0 Å². The Morgan fingerprint density at radius 1 is 1.33 bits per heavy atom. The average Bonchev–Trinajstić information content (AvgIpc) is 2.53. The highest BCUT2D eigenvalue weighted by Crippen LogP contribution is 2.12. The van der Waals surface area contributed by atoms with Crippen LogP contribution < -0.4 is 11.2 Å². The van der Waals surface area contributed by atoms with Crippen LogP contribution in [0.5, 0.6) is 0 Å². The van der Waals surface area contributed by atoms with Gasteiger partial charge in [-0.05, 0) is 25.1 Å². The van der Waals surface area contributed by atoms with Crippen molar-refractivity contribution >= 4 is 22.8 Å². The Hall–Kier alpha value is -2.90. The van der Waals surface area contributed by atoms with Crippen LogP contribution in [-0.4, -0.2) is 45.0 Å². The van der Waals surface area contributed by atoms with E-state index in [1.807, 2.05) is 0 Å². The van der Waals surface area contributed by atoms with Crippen molar-refractivity contribution in [2.24, 2.45) is 5.92 Å². The fourth-order valence-electron chi connectivity index (χ4n) is 2.47.